The van der Waals surface area contributed by atoms with E-state index in [0.717, 1.165) is 17.0 Å². The second-order valence-electron chi connectivity index (χ2n) is 7.58. The molecule has 34 heavy (non-hydrogen) atoms. The normalized spacial score (nSPS) is 16.3. The van der Waals surface area contributed by atoms with Crippen molar-refractivity contribution < 1.29 is 27.7 Å². The summed E-state index contributed by atoms with van der Waals surface area (Å²) in [6, 6.07) is 11.0. The number of nitro benzene ring substituents is 1. The highest BCUT2D eigenvalue weighted by Crippen LogP contribution is 2.27. The number of carbonyl (C=O) groups excluding carboxylic acids is 3. The minimum Gasteiger partial charge on any atom is -0.338 e. The van der Waals surface area contributed by atoms with Gasteiger partial charge in [-0.1, -0.05) is 12.1 Å². The molecule has 2 aliphatic heterocycles. The first-order valence-corrected chi connectivity index (χ1v) is 11.5. The van der Waals surface area contributed by atoms with E-state index >= 15 is 0 Å². The molecule has 174 valence electrons. The molecule has 0 bridgehead atoms. The zero-order valence-corrected chi connectivity index (χ0v) is 18.4. The summed E-state index contributed by atoms with van der Waals surface area (Å²) in [4.78, 5) is 50.1. The number of hydrogen-bond acceptors (Lipinski definition) is 8. The van der Waals surface area contributed by atoms with Gasteiger partial charge in [-0.3, -0.25) is 29.4 Å². The van der Waals surface area contributed by atoms with Crippen LogP contribution in [0, 0.1) is 21.4 Å². The molecule has 13 heteroatoms. The van der Waals surface area contributed by atoms with Crippen molar-refractivity contribution in [2.45, 2.75) is 4.90 Å². The molecule has 0 radical (unpaired) electrons. The van der Waals surface area contributed by atoms with Gasteiger partial charge in [0.05, 0.1) is 26.5 Å². The number of carbonyl (C=O) groups is 3. The van der Waals surface area contributed by atoms with E-state index in [1.54, 1.807) is 6.07 Å². The van der Waals surface area contributed by atoms with Crippen molar-refractivity contribution in [3.05, 3.63) is 69.3 Å². The molecular formula is C21H17N5O7S. The first-order valence-electron chi connectivity index (χ1n) is 10.1. The number of benzene rings is 2. The van der Waals surface area contributed by atoms with Crippen LogP contribution < -0.4 is 0 Å². The highest BCUT2D eigenvalue weighted by molar-refractivity contribution is 7.89. The summed E-state index contributed by atoms with van der Waals surface area (Å²) in [5.41, 5.74) is -0.482. The van der Waals surface area contributed by atoms with Crippen molar-refractivity contribution in [3.8, 4) is 6.07 Å². The van der Waals surface area contributed by atoms with Crippen LogP contribution >= 0.6 is 0 Å². The van der Waals surface area contributed by atoms with Crippen molar-refractivity contribution in [2.24, 2.45) is 0 Å². The van der Waals surface area contributed by atoms with E-state index < -0.39 is 39.2 Å². The third-order valence-electron chi connectivity index (χ3n) is 5.68. The minimum absolute atomic E-state index is 0.0181. The van der Waals surface area contributed by atoms with E-state index in [1.807, 2.05) is 6.07 Å². The third kappa shape index (κ3) is 3.89. The monoisotopic (exact) mass is 483 g/mol. The third-order valence-corrected chi connectivity index (χ3v) is 7.63. The zero-order chi connectivity index (χ0) is 24.6. The Morgan fingerprint density at radius 2 is 1.68 bits per heavy atom. The van der Waals surface area contributed by atoms with Crippen LogP contribution in [0.4, 0.5) is 5.69 Å². The van der Waals surface area contributed by atoms with E-state index in [4.69, 9.17) is 0 Å². The summed E-state index contributed by atoms with van der Waals surface area (Å²) < 4.78 is 27.0. The Morgan fingerprint density at radius 1 is 1.03 bits per heavy atom. The fraction of sp³-hybridized carbons (Fsp3) is 0.238. The van der Waals surface area contributed by atoms with E-state index in [2.05, 4.69) is 0 Å². The van der Waals surface area contributed by atoms with Crippen molar-refractivity contribution >= 4 is 33.4 Å². The summed E-state index contributed by atoms with van der Waals surface area (Å²) >= 11 is 0. The number of piperazine rings is 1. The van der Waals surface area contributed by atoms with Gasteiger partial charge in [0, 0.05) is 38.3 Å². The van der Waals surface area contributed by atoms with Gasteiger partial charge in [-0.2, -0.15) is 9.57 Å². The Balaban J connectivity index is 1.42. The number of nitriles is 1. The summed E-state index contributed by atoms with van der Waals surface area (Å²) in [5.74, 6) is -2.08. The Bertz CT molecular complexity index is 1370. The van der Waals surface area contributed by atoms with E-state index in [0.29, 0.717) is 0 Å². The Hall–Kier alpha value is -4.15. The molecule has 4 rings (SSSR count). The van der Waals surface area contributed by atoms with Gasteiger partial charge in [0.1, 0.15) is 12.6 Å². The number of non-ortho nitro benzene ring substituents is 1. The van der Waals surface area contributed by atoms with Gasteiger partial charge in [0.15, 0.2) is 0 Å². The molecule has 1 fully saturated rings. The van der Waals surface area contributed by atoms with Crippen molar-refractivity contribution in [3.63, 3.8) is 0 Å². The highest BCUT2D eigenvalue weighted by atomic mass is 32.2. The first kappa shape index (κ1) is 23.0. The first-order chi connectivity index (χ1) is 16.1. The number of sulfonamides is 1. The lowest BCUT2D eigenvalue weighted by Crippen LogP contribution is -2.53. The molecule has 2 aromatic carbocycles. The molecule has 1 saturated heterocycles. The number of fused-ring (bicyclic) bond motifs is 1. The minimum atomic E-state index is -3.94. The number of rotatable bonds is 5. The highest BCUT2D eigenvalue weighted by Gasteiger charge is 2.39. The van der Waals surface area contributed by atoms with E-state index in [9.17, 15) is 38.2 Å². The van der Waals surface area contributed by atoms with Gasteiger partial charge in [-0.25, -0.2) is 8.42 Å². The van der Waals surface area contributed by atoms with Crippen LogP contribution in [0.1, 0.15) is 26.3 Å². The molecular weight excluding hydrogens is 466 g/mol. The molecule has 0 atom stereocenters. The largest absolute Gasteiger partial charge is 0.338 e. The predicted molar refractivity (Wildman–Crippen MR) is 115 cm³/mol. The van der Waals surface area contributed by atoms with Crippen LogP contribution in [0.2, 0.25) is 0 Å². The molecule has 0 saturated carbocycles. The van der Waals surface area contributed by atoms with Crippen LogP contribution in [0.3, 0.4) is 0 Å². The van der Waals surface area contributed by atoms with Crippen molar-refractivity contribution in [1.29, 1.82) is 5.26 Å². The lowest BCUT2D eigenvalue weighted by Gasteiger charge is -2.34. The molecule has 3 amide bonds. The fourth-order valence-electron chi connectivity index (χ4n) is 3.87. The van der Waals surface area contributed by atoms with Crippen LogP contribution in [0.5, 0.6) is 0 Å². The van der Waals surface area contributed by atoms with Gasteiger partial charge >= 0.3 is 0 Å². The molecule has 2 heterocycles. The number of nitrogens with zero attached hydrogens (tertiary/aromatic N) is 5. The second-order valence-corrected chi connectivity index (χ2v) is 9.48. The average Bonchev–Trinajstić information content (AvgIpc) is 3.08. The van der Waals surface area contributed by atoms with Gasteiger partial charge in [-0.15, -0.1) is 0 Å². The second kappa shape index (κ2) is 8.65. The fourth-order valence-corrected chi connectivity index (χ4v) is 5.44. The van der Waals surface area contributed by atoms with Gasteiger partial charge in [0.2, 0.25) is 15.9 Å². The number of nitro groups is 1. The lowest BCUT2D eigenvalue weighted by atomic mass is 10.1. The number of amides is 3. The Kier molecular flexibility index (Phi) is 5.86. The molecule has 0 spiro atoms. The smallest absolute Gasteiger partial charge is 0.270 e. The van der Waals surface area contributed by atoms with Gasteiger partial charge < -0.3 is 4.90 Å². The molecule has 0 aliphatic carbocycles. The standard InChI is InChI=1S/C21H17N5O7S/c22-12-14-3-1-2-4-18(14)34(32,33)24-9-7-23(8-10-24)19(27)13-25-20(28)16-6-5-15(26(30)31)11-17(16)21(25)29/h1-6,11H,7-10,13H2. The van der Waals surface area contributed by atoms with E-state index in [1.165, 1.54) is 33.5 Å². The molecule has 0 N–H and O–H groups in total. The summed E-state index contributed by atoms with van der Waals surface area (Å²) in [7, 11) is -3.94. The molecule has 12 nitrogen and oxygen atoms in total. The lowest BCUT2D eigenvalue weighted by molar-refractivity contribution is -0.384. The maximum Gasteiger partial charge on any atom is 0.270 e. The average molecular weight is 483 g/mol. The van der Waals surface area contributed by atoms with Gasteiger partial charge in [0.25, 0.3) is 17.5 Å². The Morgan fingerprint density at radius 3 is 2.32 bits per heavy atom. The summed E-state index contributed by atoms with van der Waals surface area (Å²) in [5, 5.41) is 20.2. The zero-order valence-electron chi connectivity index (χ0n) is 17.6. The van der Waals surface area contributed by atoms with Crippen LogP contribution in [-0.2, 0) is 14.8 Å². The number of hydrogen-bond donors (Lipinski definition) is 0. The SMILES string of the molecule is N#Cc1ccccc1S(=O)(=O)N1CCN(C(=O)CN2C(=O)c3ccc([N+](=O)[O-])cc3C2=O)CC1. The summed E-state index contributed by atoms with van der Waals surface area (Å²) in [6.45, 7) is -0.558. The molecule has 0 unspecified atom stereocenters. The quantitative estimate of drug-likeness (QED) is 0.339. The van der Waals surface area contributed by atoms with Crippen LogP contribution in [0.15, 0.2) is 47.4 Å². The molecule has 2 aromatic rings. The maximum atomic E-state index is 12.9. The molecule has 0 aromatic heterocycles. The summed E-state index contributed by atoms with van der Waals surface area (Å²) in [6.07, 6.45) is 0. The Labute approximate surface area is 193 Å². The van der Waals surface area contributed by atoms with Crippen molar-refractivity contribution in [2.75, 3.05) is 32.7 Å². The number of imide groups is 1. The van der Waals surface area contributed by atoms with Gasteiger partial charge in [-0.05, 0) is 18.2 Å². The maximum absolute atomic E-state index is 12.9. The van der Waals surface area contributed by atoms with Crippen molar-refractivity contribution in [1.82, 2.24) is 14.1 Å². The topological polar surface area (TPSA) is 162 Å². The van der Waals surface area contributed by atoms with E-state index in [-0.39, 0.29) is 53.5 Å². The van der Waals surface area contributed by atoms with Crippen LogP contribution in [-0.4, -0.2) is 77.9 Å². The van der Waals surface area contributed by atoms with Crippen LogP contribution in [0.25, 0.3) is 0 Å². The molecule has 2 aliphatic rings. The predicted octanol–water partition coefficient (Wildman–Crippen LogP) is 0.596.